The third kappa shape index (κ3) is 5.21. The molecule has 1 fully saturated rings. The van der Waals surface area contributed by atoms with E-state index in [0.29, 0.717) is 16.8 Å². The molecule has 118 valence electrons. The van der Waals surface area contributed by atoms with Crippen molar-refractivity contribution >= 4 is 15.9 Å². The fraction of sp³-hybridized carbons (Fsp3) is 0.600. The molecule has 21 heavy (non-hydrogen) atoms. The number of benzene rings is 1. The lowest BCUT2D eigenvalue weighted by Crippen LogP contribution is -2.48. The van der Waals surface area contributed by atoms with Gasteiger partial charge < -0.3 is 14.6 Å². The Labute approximate surface area is 133 Å². The van der Waals surface area contributed by atoms with E-state index in [1.807, 2.05) is 13.8 Å². The van der Waals surface area contributed by atoms with Gasteiger partial charge in [0.2, 0.25) is 0 Å². The SMILES string of the molecule is CC1CN(CC(O)COc2ccc(Br)c(F)c2)CC(C)O1. The quantitative estimate of drug-likeness (QED) is 0.874. The summed E-state index contributed by atoms with van der Waals surface area (Å²) >= 11 is 3.09. The lowest BCUT2D eigenvalue weighted by molar-refractivity contribution is -0.0786. The van der Waals surface area contributed by atoms with Gasteiger partial charge in [-0.25, -0.2) is 4.39 Å². The van der Waals surface area contributed by atoms with Gasteiger partial charge in [0.15, 0.2) is 0 Å². The van der Waals surface area contributed by atoms with Crippen LogP contribution in [-0.4, -0.2) is 54.6 Å². The Morgan fingerprint density at radius 2 is 2.10 bits per heavy atom. The molecule has 4 nitrogen and oxygen atoms in total. The van der Waals surface area contributed by atoms with Gasteiger partial charge in [0.1, 0.15) is 24.3 Å². The summed E-state index contributed by atoms with van der Waals surface area (Å²) in [5, 5.41) is 10.0. The van der Waals surface area contributed by atoms with E-state index in [2.05, 4.69) is 20.8 Å². The lowest BCUT2D eigenvalue weighted by Gasteiger charge is -2.36. The number of hydrogen-bond donors (Lipinski definition) is 1. The number of hydrogen-bond acceptors (Lipinski definition) is 4. The molecule has 0 radical (unpaired) electrons. The van der Waals surface area contributed by atoms with Crippen LogP contribution in [0.3, 0.4) is 0 Å². The van der Waals surface area contributed by atoms with E-state index in [9.17, 15) is 9.50 Å². The van der Waals surface area contributed by atoms with Crippen LogP contribution in [0.4, 0.5) is 4.39 Å². The summed E-state index contributed by atoms with van der Waals surface area (Å²) in [5.41, 5.74) is 0. The monoisotopic (exact) mass is 361 g/mol. The van der Waals surface area contributed by atoms with Crippen LogP contribution in [0.2, 0.25) is 0 Å². The number of rotatable bonds is 5. The summed E-state index contributed by atoms with van der Waals surface area (Å²) in [4.78, 5) is 2.16. The molecule has 1 aliphatic heterocycles. The Kier molecular flexibility index (Phi) is 5.98. The normalized spacial score (nSPS) is 24.8. The van der Waals surface area contributed by atoms with Crippen molar-refractivity contribution in [2.75, 3.05) is 26.2 Å². The molecule has 0 saturated carbocycles. The molecule has 1 saturated heterocycles. The fourth-order valence-corrected chi connectivity index (χ4v) is 2.79. The van der Waals surface area contributed by atoms with Crippen LogP contribution in [0.25, 0.3) is 0 Å². The molecule has 1 aliphatic rings. The first-order valence-corrected chi connectivity index (χ1v) is 7.87. The molecule has 3 unspecified atom stereocenters. The second-order valence-electron chi connectivity index (χ2n) is 5.52. The summed E-state index contributed by atoms with van der Waals surface area (Å²) in [6.45, 7) is 6.31. The Morgan fingerprint density at radius 3 is 2.71 bits per heavy atom. The van der Waals surface area contributed by atoms with Crippen molar-refractivity contribution in [3.63, 3.8) is 0 Å². The highest BCUT2D eigenvalue weighted by molar-refractivity contribution is 9.10. The number of ether oxygens (including phenoxy) is 2. The van der Waals surface area contributed by atoms with Gasteiger partial charge >= 0.3 is 0 Å². The maximum atomic E-state index is 13.4. The van der Waals surface area contributed by atoms with Gasteiger partial charge in [0, 0.05) is 25.7 Å². The van der Waals surface area contributed by atoms with Crippen LogP contribution < -0.4 is 4.74 Å². The van der Waals surface area contributed by atoms with Crippen molar-refractivity contribution in [1.29, 1.82) is 0 Å². The number of aliphatic hydroxyl groups is 1. The molecular weight excluding hydrogens is 341 g/mol. The molecule has 1 heterocycles. The first kappa shape index (κ1) is 16.7. The second-order valence-corrected chi connectivity index (χ2v) is 6.37. The van der Waals surface area contributed by atoms with Crippen LogP contribution in [0.1, 0.15) is 13.8 Å². The number of halogens is 2. The Balaban J connectivity index is 1.79. The Hall–Kier alpha value is -0.690. The summed E-state index contributed by atoms with van der Waals surface area (Å²) in [6, 6.07) is 4.55. The topological polar surface area (TPSA) is 41.9 Å². The number of β-amino-alcohol motifs (C(OH)–C–C–N with tert-alkyl or cyclic N) is 1. The molecule has 1 aromatic carbocycles. The predicted octanol–water partition coefficient (Wildman–Crippen LogP) is 2.44. The summed E-state index contributed by atoms with van der Waals surface area (Å²) in [7, 11) is 0. The fourth-order valence-electron chi connectivity index (χ4n) is 2.54. The zero-order valence-corrected chi connectivity index (χ0v) is 13.8. The molecule has 0 aromatic heterocycles. The third-order valence-electron chi connectivity index (χ3n) is 3.30. The molecule has 0 spiro atoms. The lowest BCUT2D eigenvalue weighted by atomic mass is 10.2. The van der Waals surface area contributed by atoms with Crippen molar-refractivity contribution in [1.82, 2.24) is 4.90 Å². The molecule has 3 atom stereocenters. The number of morpholine rings is 1. The maximum Gasteiger partial charge on any atom is 0.141 e. The highest BCUT2D eigenvalue weighted by Crippen LogP contribution is 2.21. The molecular formula is C15H21BrFNO3. The van der Waals surface area contributed by atoms with E-state index in [1.54, 1.807) is 12.1 Å². The van der Waals surface area contributed by atoms with Gasteiger partial charge in [-0.2, -0.15) is 0 Å². The molecule has 0 aliphatic carbocycles. The van der Waals surface area contributed by atoms with Gasteiger partial charge in [-0.1, -0.05) is 0 Å². The molecule has 0 amide bonds. The zero-order valence-electron chi connectivity index (χ0n) is 12.3. The van der Waals surface area contributed by atoms with Crippen molar-refractivity contribution in [3.8, 4) is 5.75 Å². The summed E-state index contributed by atoms with van der Waals surface area (Å²) in [5.74, 6) is 0.0382. The highest BCUT2D eigenvalue weighted by atomic mass is 79.9. The third-order valence-corrected chi connectivity index (χ3v) is 3.94. The second kappa shape index (κ2) is 7.54. The van der Waals surface area contributed by atoms with Gasteiger partial charge in [0.05, 0.1) is 16.7 Å². The average molecular weight is 362 g/mol. The Morgan fingerprint density at radius 1 is 1.43 bits per heavy atom. The van der Waals surface area contributed by atoms with Crippen molar-refractivity contribution in [3.05, 3.63) is 28.5 Å². The minimum absolute atomic E-state index is 0.140. The van der Waals surface area contributed by atoms with Gasteiger partial charge in [-0.3, -0.25) is 4.90 Å². The van der Waals surface area contributed by atoms with Crippen LogP contribution in [0.15, 0.2) is 22.7 Å². The first-order valence-electron chi connectivity index (χ1n) is 7.07. The Bertz CT molecular complexity index is 464. The number of nitrogens with zero attached hydrogens (tertiary/aromatic N) is 1. The summed E-state index contributed by atoms with van der Waals surface area (Å²) in [6.07, 6.45) is -0.279. The van der Waals surface area contributed by atoms with Crippen LogP contribution >= 0.6 is 15.9 Å². The van der Waals surface area contributed by atoms with Crippen LogP contribution in [0.5, 0.6) is 5.75 Å². The van der Waals surface area contributed by atoms with Crippen molar-refractivity contribution in [2.45, 2.75) is 32.2 Å². The van der Waals surface area contributed by atoms with Crippen molar-refractivity contribution < 1.29 is 19.0 Å². The molecule has 6 heteroatoms. The smallest absolute Gasteiger partial charge is 0.141 e. The van der Waals surface area contributed by atoms with Gasteiger partial charge in [-0.05, 0) is 41.9 Å². The largest absolute Gasteiger partial charge is 0.491 e. The van der Waals surface area contributed by atoms with E-state index in [-0.39, 0.29) is 24.6 Å². The maximum absolute atomic E-state index is 13.4. The minimum Gasteiger partial charge on any atom is -0.491 e. The van der Waals surface area contributed by atoms with Gasteiger partial charge in [0.25, 0.3) is 0 Å². The molecule has 1 N–H and O–H groups in total. The molecule has 2 rings (SSSR count). The zero-order chi connectivity index (χ0) is 15.4. The van der Waals surface area contributed by atoms with Crippen LogP contribution in [-0.2, 0) is 4.74 Å². The van der Waals surface area contributed by atoms with E-state index in [1.165, 1.54) is 6.07 Å². The van der Waals surface area contributed by atoms with E-state index in [0.717, 1.165) is 13.1 Å². The average Bonchev–Trinajstić information content (AvgIpc) is 2.39. The minimum atomic E-state index is -0.616. The van der Waals surface area contributed by atoms with E-state index >= 15 is 0 Å². The predicted molar refractivity (Wildman–Crippen MR) is 82.1 cm³/mol. The molecule has 1 aromatic rings. The summed E-state index contributed by atoms with van der Waals surface area (Å²) < 4.78 is 24.8. The van der Waals surface area contributed by atoms with Crippen LogP contribution in [0, 0.1) is 5.82 Å². The molecule has 0 bridgehead atoms. The first-order chi connectivity index (χ1) is 9.94. The van der Waals surface area contributed by atoms with Crippen molar-refractivity contribution in [2.24, 2.45) is 0 Å². The van der Waals surface area contributed by atoms with E-state index in [4.69, 9.17) is 9.47 Å². The number of aliphatic hydroxyl groups excluding tert-OH is 1. The highest BCUT2D eigenvalue weighted by Gasteiger charge is 2.23. The van der Waals surface area contributed by atoms with E-state index < -0.39 is 6.10 Å². The standard InChI is InChI=1S/C15H21BrFNO3/c1-10-6-18(7-11(2)21-10)8-12(19)9-20-13-3-4-14(16)15(17)5-13/h3-5,10-12,19H,6-9H2,1-2H3. The van der Waals surface area contributed by atoms with Gasteiger partial charge in [-0.15, -0.1) is 0 Å².